The van der Waals surface area contributed by atoms with Crippen molar-refractivity contribution in [3.8, 4) is 6.07 Å². The molecule has 3 saturated carbocycles. The molecular weight excluding hydrogens is 354 g/mol. The zero-order valence-corrected chi connectivity index (χ0v) is 19.5. The highest BCUT2D eigenvalue weighted by atomic mass is 16.1. The van der Waals surface area contributed by atoms with E-state index in [4.69, 9.17) is 0 Å². The Balaban J connectivity index is 1.77. The summed E-state index contributed by atoms with van der Waals surface area (Å²) in [5.41, 5.74) is 1.42. The first-order valence-corrected chi connectivity index (χ1v) is 12.4. The molecule has 3 rings (SSSR count). The summed E-state index contributed by atoms with van der Waals surface area (Å²) in [5.74, 6) is 4.16. The van der Waals surface area contributed by atoms with E-state index in [-0.39, 0.29) is 11.3 Å². The van der Waals surface area contributed by atoms with E-state index in [0.29, 0.717) is 41.8 Å². The first kappa shape index (κ1) is 22.6. The molecule has 0 aromatic heterocycles. The van der Waals surface area contributed by atoms with Gasteiger partial charge in [-0.3, -0.25) is 4.79 Å². The summed E-state index contributed by atoms with van der Waals surface area (Å²) >= 11 is 0. The minimum atomic E-state index is 0.251. The molecule has 3 aliphatic rings. The van der Waals surface area contributed by atoms with Crippen LogP contribution in [0, 0.1) is 58.2 Å². The number of fused-ring (bicyclic) bond motifs is 3. The van der Waals surface area contributed by atoms with E-state index in [1.54, 1.807) is 0 Å². The fourth-order valence-corrected chi connectivity index (χ4v) is 7.78. The van der Waals surface area contributed by atoms with Crippen molar-refractivity contribution in [1.29, 1.82) is 5.26 Å². The second kappa shape index (κ2) is 9.36. The third kappa shape index (κ3) is 4.22. The van der Waals surface area contributed by atoms with Crippen molar-refractivity contribution in [3.05, 3.63) is 11.6 Å². The second-order valence-electron chi connectivity index (χ2n) is 11.0. The van der Waals surface area contributed by atoms with E-state index in [1.807, 2.05) is 0 Å². The molecule has 2 nitrogen and oxygen atoms in total. The van der Waals surface area contributed by atoms with E-state index in [1.165, 1.54) is 57.8 Å². The number of carbonyl (C=O) groups excluding carboxylic acids is 1. The zero-order valence-electron chi connectivity index (χ0n) is 19.5. The van der Waals surface area contributed by atoms with Gasteiger partial charge in [0.25, 0.3) is 0 Å². The van der Waals surface area contributed by atoms with Crippen molar-refractivity contribution in [1.82, 2.24) is 0 Å². The van der Waals surface area contributed by atoms with Crippen LogP contribution in [0.25, 0.3) is 0 Å². The largest absolute Gasteiger partial charge is 0.294 e. The van der Waals surface area contributed by atoms with Gasteiger partial charge in [-0.1, -0.05) is 53.0 Å². The summed E-state index contributed by atoms with van der Waals surface area (Å²) in [5, 5.41) is 9.22. The van der Waals surface area contributed by atoms with Gasteiger partial charge in [-0.05, 0) is 91.9 Å². The van der Waals surface area contributed by atoms with Gasteiger partial charge in [-0.2, -0.15) is 5.26 Å². The molecule has 0 N–H and O–H groups in total. The maximum atomic E-state index is 13.8. The Kier molecular flexibility index (Phi) is 7.29. The van der Waals surface area contributed by atoms with Gasteiger partial charge in [0, 0.05) is 12.3 Å². The van der Waals surface area contributed by atoms with Crippen LogP contribution in [-0.4, -0.2) is 5.78 Å². The van der Waals surface area contributed by atoms with Crippen molar-refractivity contribution in [2.45, 2.75) is 98.8 Å². The van der Waals surface area contributed by atoms with Crippen LogP contribution in [0.2, 0.25) is 0 Å². The molecule has 0 unspecified atom stereocenters. The second-order valence-corrected chi connectivity index (χ2v) is 11.0. The normalized spacial score (nSPS) is 40.2. The third-order valence-corrected chi connectivity index (χ3v) is 9.24. The number of unbranched alkanes of at least 4 members (excludes halogenated alkanes) is 1. The molecule has 162 valence electrons. The predicted molar refractivity (Wildman–Crippen MR) is 120 cm³/mol. The Labute approximate surface area is 179 Å². The Hall–Kier alpha value is -1.10. The van der Waals surface area contributed by atoms with Gasteiger partial charge in [-0.15, -0.1) is 0 Å². The monoisotopic (exact) mass is 397 g/mol. The van der Waals surface area contributed by atoms with E-state index >= 15 is 0 Å². The number of ketones is 1. The van der Waals surface area contributed by atoms with Gasteiger partial charge in [0.05, 0.1) is 6.07 Å². The molecule has 0 heterocycles. The van der Waals surface area contributed by atoms with E-state index < -0.39 is 0 Å². The van der Waals surface area contributed by atoms with Crippen LogP contribution in [0.1, 0.15) is 98.8 Å². The van der Waals surface area contributed by atoms with E-state index in [9.17, 15) is 10.1 Å². The van der Waals surface area contributed by atoms with Crippen molar-refractivity contribution >= 4 is 5.78 Å². The van der Waals surface area contributed by atoms with Gasteiger partial charge >= 0.3 is 0 Å². The summed E-state index contributed by atoms with van der Waals surface area (Å²) in [6.45, 7) is 11.5. The molecule has 3 fully saturated rings. The Bertz CT molecular complexity index is 658. The fourth-order valence-electron chi connectivity index (χ4n) is 7.78. The van der Waals surface area contributed by atoms with Gasteiger partial charge in [-0.25, -0.2) is 0 Å². The lowest BCUT2D eigenvalue weighted by atomic mass is 9.51. The third-order valence-electron chi connectivity index (χ3n) is 9.24. The highest BCUT2D eigenvalue weighted by Gasteiger charge is 2.58. The zero-order chi connectivity index (χ0) is 21.2. The Morgan fingerprint density at radius 3 is 2.69 bits per heavy atom. The molecule has 0 amide bonds. The van der Waals surface area contributed by atoms with Crippen molar-refractivity contribution in [2.75, 3.05) is 0 Å². The standard InChI is InChI=1S/C27H43NO/c1-6-8-9-18(3)16-21-17-20-12-14-27(5)23(19(4)13-15-28)10-11-24(27)25(20)26(29)22(21)7-2/h7,18-21,23-25H,6,8-14,16-17H2,1-5H3/b22-7+/t18-,19-,20-,21-,23-,24+,25-,27-/m1/s1. The fraction of sp³-hybridized carbons (Fsp3) is 0.852. The summed E-state index contributed by atoms with van der Waals surface area (Å²) < 4.78 is 0. The predicted octanol–water partition coefficient (Wildman–Crippen LogP) is 7.35. The van der Waals surface area contributed by atoms with Crippen LogP contribution in [-0.2, 0) is 4.79 Å². The topological polar surface area (TPSA) is 40.9 Å². The molecule has 29 heavy (non-hydrogen) atoms. The summed E-state index contributed by atoms with van der Waals surface area (Å²) in [6, 6.07) is 2.40. The van der Waals surface area contributed by atoms with E-state index in [0.717, 1.165) is 11.5 Å². The number of rotatable bonds is 7. The molecule has 0 bridgehead atoms. The van der Waals surface area contributed by atoms with Crippen molar-refractivity contribution in [3.63, 3.8) is 0 Å². The number of Topliss-reactive ketones (excluding diaryl/α,β-unsaturated/α-hetero) is 1. The summed E-state index contributed by atoms with van der Waals surface area (Å²) in [6.07, 6.45) is 14.0. The molecule has 0 saturated heterocycles. The number of hydrogen-bond acceptors (Lipinski definition) is 2. The summed E-state index contributed by atoms with van der Waals surface area (Å²) in [4.78, 5) is 13.8. The molecule has 0 aliphatic heterocycles. The number of nitriles is 1. The maximum absolute atomic E-state index is 13.8. The lowest BCUT2D eigenvalue weighted by molar-refractivity contribution is -0.132. The van der Waals surface area contributed by atoms with Crippen LogP contribution in [0.15, 0.2) is 11.6 Å². The lowest BCUT2D eigenvalue weighted by Crippen LogP contribution is -2.49. The average molecular weight is 398 g/mol. The number of allylic oxidation sites excluding steroid dienone is 2. The van der Waals surface area contributed by atoms with E-state index in [2.05, 4.69) is 46.8 Å². The van der Waals surface area contributed by atoms with Crippen LogP contribution < -0.4 is 0 Å². The molecule has 2 heteroatoms. The molecule has 8 atom stereocenters. The van der Waals surface area contributed by atoms with Crippen LogP contribution in [0.4, 0.5) is 0 Å². The first-order valence-electron chi connectivity index (χ1n) is 12.4. The number of carbonyl (C=O) groups is 1. The van der Waals surface area contributed by atoms with Crippen LogP contribution in [0.5, 0.6) is 0 Å². The van der Waals surface area contributed by atoms with Crippen LogP contribution >= 0.6 is 0 Å². The maximum Gasteiger partial charge on any atom is 0.162 e. The van der Waals surface area contributed by atoms with Crippen molar-refractivity contribution in [2.24, 2.45) is 46.8 Å². The molecular formula is C27H43NO. The minimum Gasteiger partial charge on any atom is -0.294 e. The molecule has 3 aliphatic carbocycles. The molecule has 0 spiro atoms. The Morgan fingerprint density at radius 2 is 2.03 bits per heavy atom. The smallest absolute Gasteiger partial charge is 0.162 e. The van der Waals surface area contributed by atoms with Gasteiger partial charge in [0.15, 0.2) is 5.78 Å². The van der Waals surface area contributed by atoms with Crippen LogP contribution in [0.3, 0.4) is 0 Å². The van der Waals surface area contributed by atoms with Gasteiger partial charge < -0.3 is 0 Å². The van der Waals surface area contributed by atoms with Crippen molar-refractivity contribution < 1.29 is 4.79 Å². The number of nitrogens with zero attached hydrogens (tertiary/aromatic N) is 1. The molecule has 0 aromatic carbocycles. The highest BCUT2D eigenvalue weighted by Crippen LogP contribution is 2.63. The first-order chi connectivity index (χ1) is 13.9. The average Bonchev–Trinajstić information content (AvgIpc) is 3.04. The minimum absolute atomic E-state index is 0.251. The quantitative estimate of drug-likeness (QED) is 0.421. The Morgan fingerprint density at radius 1 is 1.28 bits per heavy atom. The molecule has 0 aromatic rings. The lowest BCUT2D eigenvalue weighted by Gasteiger charge is -2.52. The SMILES string of the molecule is C/C=C1/C(=O)[C@@H]2[C@H](CC[C@]3(C)[C@@H]([C@H](C)CC#N)CC[C@@H]23)C[C@H]1C[C@H](C)CCCC. The van der Waals surface area contributed by atoms with Gasteiger partial charge in [0.1, 0.15) is 0 Å². The summed E-state index contributed by atoms with van der Waals surface area (Å²) in [7, 11) is 0. The highest BCUT2D eigenvalue weighted by molar-refractivity contribution is 5.99. The van der Waals surface area contributed by atoms with Gasteiger partial charge in [0.2, 0.25) is 0 Å². The number of hydrogen-bond donors (Lipinski definition) is 0. The molecule has 0 radical (unpaired) electrons.